The molecule has 272 valence electrons. The van der Waals surface area contributed by atoms with Gasteiger partial charge in [0, 0.05) is 37.2 Å². The molecule has 0 N–H and O–H groups in total. The third-order valence-electron chi connectivity index (χ3n) is 9.84. The molecule has 3 aromatic carbocycles. The number of hydrogen-bond donors (Lipinski definition) is 0. The lowest BCUT2D eigenvalue weighted by molar-refractivity contribution is 0.0778. The fraction of sp³-hybridized carbons (Fsp3) is 0.350. The number of methoxy groups -OCH3 is 3. The normalized spacial score (nSPS) is 14.3. The van der Waals surface area contributed by atoms with E-state index < -0.39 is 0 Å². The number of fused-ring (bicyclic) bond motifs is 1. The number of likely N-dealkylation sites (tertiary alicyclic amines) is 1. The van der Waals surface area contributed by atoms with Gasteiger partial charge in [0.25, 0.3) is 5.91 Å². The van der Waals surface area contributed by atoms with Crippen molar-refractivity contribution in [1.82, 2.24) is 24.3 Å². The number of rotatable bonds is 14. The van der Waals surface area contributed by atoms with Crippen LogP contribution in [0.5, 0.6) is 17.2 Å². The van der Waals surface area contributed by atoms with Gasteiger partial charge in [-0.2, -0.15) is 0 Å². The molecule has 0 aliphatic carbocycles. The van der Waals surface area contributed by atoms with Crippen molar-refractivity contribution in [2.24, 2.45) is 5.92 Å². The number of piperidine rings is 1. The van der Waals surface area contributed by atoms with E-state index in [2.05, 4.69) is 9.88 Å². The number of para-hydroxylation sites is 2. The Balaban J connectivity index is 1.13. The Bertz CT molecular complexity index is 2010. The van der Waals surface area contributed by atoms with E-state index in [4.69, 9.17) is 42.4 Å². The lowest BCUT2D eigenvalue weighted by Crippen LogP contribution is -2.38. The highest BCUT2D eigenvalue weighted by atomic mass is 35.5. The molecule has 52 heavy (non-hydrogen) atoms. The summed E-state index contributed by atoms with van der Waals surface area (Å²) < 4.78 is 18.4. The number of halogens is 2. The van der Waals surface area contributed by atoms with E-state index in [1.807, 2.05) is 59.2 Å². The summed E-state index contributed by atoms with van der Waals surface area (Å²) in [4.78, 5) is 41.2. The lowest BCUT2D eigenvalue weighted by atomic mass is 9.90. The van der Waals surface area contributed by atoms with Crippen molar-refractivity contribution >= 4 is 45.9 Å². The molecule has 0 radical (unpaired) electrons. The molecule has 12 heteroatoms. The third-order valence-corrected chi connectivity index (χ3v) is 10.6. The molecule has 0 bridgehead atoms. The SMILES string of the molecule is COc1cc(C(=O)N(C)CC(CCN2CCC(C(=O)c3nc4ccccc4n3Cc3ccccn3)CC2)c2ccc(Cl)c(Cl)c2)cc(OC)c1OC. The minimum Gasteiger partial charge on any atom is -0.493 e. The fourth-order valence-electron chi connectivity index (χ4n) is 6.99. The summed E-state index contributed by atoms with van der Waals surface area (Å²) in [5.41, 5.74) is 4.03. The van der Waals surface area contributed by atoms with Crippen LogP contribution in [0.2, 0.25) is 10.0 Å². The van der Waals surface area contributed by atoms with Crippen molar-refractivity contribution < 1.29 is 23.8 Å². The first-order chi connectivity index (χ1) is 25.2. The first-order valence-corrected chi connectivity index (χ1v) is 18.1. The second-order valence-electron chi connectivity index (χ2n) is 13.1. The fourth-order valence-corrected chi connectivity index (χ4v) is 7.29. The monoisotopic (exact) mass is 743 g/mol. The summed E-state index contributed by atoms with van der Waals surface area (Å²) in [5, 5.41) is 0.947. The van der Waals surface area contributed by atoms with Gasteiger partial charge in [0.15, 0.2) is 17.3 Å². The maximum atomic E-state index is 14.0. The molecule has 1 amide bonds. The molecule has 1 atom stereocenters. The smallest absolute Gasteiger partial charge is 0.253 e. The van der Waals surface area contributed by atoms with Crippen molar-refractivity contribution in [3.8, 4) is 17.2 Å². The zero-order chi connectivity index (χ0) is 36.8. The van der Waals surface area contributed by atoms with Gasteiger partial charge in [-0.1, -0.05) is 47.5 Å². The van der Waals surface area contributed by atoms with Crippen molar-refractivity contribution in [2.75, 3.05) is 54.6 Å². The highest BCUT2D eigenvalue weighted by Gasteiger charge is 2.30. The van der Waals surface area contributed by atoms with Crippen molar-refractivity contribution in [1.29, 1.82) is 0 Å². The first-order valence-electron chi connectivity index (χ1n) is 17.3. The molecule has 10 nitrogen and oxygen atoms in total. The van der Waals surface area contributed by atoms with Gasteiger partial charge in [-0.15, -0.1) is 0 Å². The van der Waals surface area contributed by atoms with Gasteiger partial charge < -0.3 is 28.6 Å². The van der Waals surface area contributed by atoms with Crippen LogP contribution < -0.4 is 14.2 Å². The van der Waals surface area contributed by atoms with E-state index in [1.165, 1.54) is 21.3 Å². The Morgan fingerprint density at radius 2 is 1.62 bits per heavy atom. The number of imidazole rings is 1. The number of carbonyl (C=O) groups is 2. The van der Waals surface area contributed by atoms with Gasteiger partial charge in [-0.25, -0.2) is 4.98 Å². The molecule has 3 heterocycles. The van der Waals surface area contributed by atoms with Gasteiger partial charge in [0.1, 0.15) is 0 Å². The highest BCUT2D eigenvalue weighted by Crippen LogP contribution is 2.39. The molecule has 5 aromatic rings. The molecule has 1 aliphatic heterocycles. The molecule has 2 aromatic heterocycles. The minimum absolute atomic E-state index is 0.0309. The Labute approximate surface area is 314 Å². The summed E-state index contributed by atoms with van der Waals surface area (Å²) in [5.74, 6) is 1.47. The van der Waals surface area contributed by atoms with Gasteiger partial charge in [-0.3, -0.25) is 14.6 Å². The highest BCUT2D eigenvalue weighted by molar-refractivity contribution is 6.42. The maximum absolute atomic E-state index is 14.0. The molecule has 1 unspecified atom stereocenters. The van der Waals surface area contributed by atoms with E-state index >= 15 is 0 Å². The molecule has 0 saturated carbocycles. The number of ether oxygens (including phenoxy) is 3. The Kier molecular flexibility index (Phi) is 12.0. The number of pyridine rings is 1. The predicted octanol–water partition coefficient (Wildman–Crippen LogP) is 7.65. The van der Waals surface area contributed by atoms with Crippen LogP contribution in [0.1, 0.15) is 57.4 Å². The molecular weight excluding hydrogens is 701 g/mol. The average Bonchev–Trinajstić information content (AvgIpc) is 3.54. The number of Topliss-reactive ketones (excluding diaryl/α,β-unsaturated/α-hetero) is 1. The van der Waals surface area contributed by atoms with Crippen molar-refractivity contribution in [3.63, 3.8) is 0 Å². The lowest BCUT2D eigenvalue weighted by Gasteiger charge is -2.33. The molecule has 1 fully saturated rings. The second-order valence-corrected chi connectivity index (χ2v) is 13.9. The van der Waals surface area contributed by atoms with Crippen molar-refractivity contribution in [3.05, 3.63) is 112 Å². The largest absolute Gasteiger partial charge is 0.493 e. The summed E-state index contributed by atoms with van der Waals surface area (Å²) in [7, 11) is 6.36. The molecular formula is C40H43Cl2N5O5. The summed E-state index contributed by atoms with van der Waals surface area (Å²) in [6.45, 7) is 3.27. The summed E-state index contributed by atoms with van der Waals surface area (Å²) >= 11 is 12.8. The number of nitrogens with zero attached hydrogens (tertiary/aromatic N) is 5. The Morgan fingerprint density at radius 3 is 2.27 bits per heavy atom. The number of likely N-dealkylation sites (N-methyl/N-ethyl adjacent to an activating group) is 1. The predicted molar refractivity (Wildman–Crippen MR) is 203 cm³/mol. The quantitative estimate of drug-likeness (QED) is 0.107. The van der Waals surface area contributed by atoms with Gasteiger partial charge in [0.2, 0.25) is 11.5 Å². The molecule has 6 rings (SSSR count). The van der Waals surface area contributed by atoms with Crippen LogP contribution in [0.4, 0.5) is 0 Å². The molecule has 0 spiro atoms. The van der Waals surface area contributed by atoms with Gasteiger partial charge in [0.05, 0.1) is 54.6 Å². The number of carbonyl (C=O) groups excluding carboxylic acids is 2. The van der Waals surface area contributed by atoms with E-state index in [0.29, 0.717) is 51.8 Å². The number of benzene rings is 3. The topological polar surface area (TPSA) is 99.0 Å². The average molecular weight is 745 g/mol. The summed E-state index contributed by atoms with van der Waals surface area (Å²) in [6.07, 6.45) is 4.01. The zero-order valence-electron chi connectivity index (χ0n) is 29.9. The van der Waals surface area contributed by atoms with Crippen LogP contribution >= 0.6 is 23.2 Å². The third kappa shape index (κ3) is 8.20. The number of hydrogen-bond acceptors (Lipinski definition) is 8. The maximum Gasteiger partial charge on any atom is 0.253 e. The number of aromatic nitrogens is 3. The second kappa shape index (κ2) is 16.8. The van der Waals surface area contributed by atoms with Crippen LogP contribution in [0.3, 0.4) is 0 Å². The molecule has 1 saturated heterocycles. The van der Waals surface area contributed by atoms with Crippen LogP contribution in [0.25, 0.3) is 11.0 Å². The minimum atomic E-state index is -0.183. The van der Waals surface area contributed by atoms with Crippen LogP contribution in [-0.4, -0.2) is 90.6 Å². The Morgan fingerprint density at radius 1 is 0.904 bits per heavy atom. The van der Waals surface area contributed by atoms with Gasteiger partial charge in [-0.05, 0) is 93.0 Å². The number of amides is 1. The standard InChI is InChI=1S/C40H43Cl2N5O5/c1-45(40(49)29-22-35(50-2)38(52-4)36(23-29)51-3)24-28(27-12-13-31(41)32(42)21-27)16-20-46-18-14-26(15-19-46)37(48)39-44-33-10-5-6-11-34(33)47(39)25-30-9-7-8-17-43-30/h5-13,17,21-23,26,28H,14-16,18-20,24-25H2,1-4H3. The molecule has 1 aliphatic rings. The first kappa shape index (κ1) is 37.1. The van der Waals surface area contributed by atoms with E-state index in [9.17, 15) is 9.59 Å². The van der Waals surface area contributed by atoms with E-state index in [1.54, 1.807) is 36.3 Å². The van der Waals surface area contributed by atoms with E-state index in [0.717, 1.165) is 61.2 Å². The van der Waals surface area contributed by atoms with Crippen LogP contribution in [0, 0.1) is 5.92 Å². The van der Waals surface area contributed by atoms with E-state index in [-0.39, 0.29) is 23.5 Å². The van der Waals surface area contributed by atoms with Crippen molar-refractivity contribution in [2.45, 2.75) is 31.7 Å². The Hall–Kier alpha value is -4.64. The van der Waals surface area contributed by atoms with Crippen LogP contribution in [-0.2, 0) is 6.54 Å². The number of ketones is 1. The zero-order valence-corrected chi connectivity index (χ0v) is 31.4. The van der Waals surface area contributed by atoms with Gasteiger partial charge >= 0.3 is 0 Å². The summed E-state index contributed by atoms with van der Waals surface area (Å²) in [6, 6.07) is 22.6. The van der Waals surface area contributed by atoms with Crippen LogP contribution in [0.15, 0.2) is 79.0 Å².